The van der Waals surface area contributed by atoms with E-state index in [0.717, 1.165) is 0 Å². The second-order valence-corrected chi connectivity index (χ2v) is 3.46. The van der Waals surface area contributed by atoms with Gasteiger partial charge >= 0.3 is 5.97 Å². The number of rotatable bonds is 4. The molecule has 3 N–H and O–H groups in total. The van der Waals surface area contributed by atoms with Crippen LogP contribution < -0.4 is 11.1 Å². The maximum Gasteiger partial charge on any atom is 0.325 e. The van der Waals surface area contributed by atoms with Crippen LogP contribution in [-0.2, 0) is 9.53 Å². The molecule has 0 spiro atoms. The number of ether oxygens (including phenoxy) is 1. The van der Waals surface area contributed by atoms with Crippen LogP contribution >= 0.6 is 0 Å². The van der Waals surface area contributed by atoms with Crippen LogP contribution in [0.1, 0.15) is 22.8 Å². The van der Waals surface area contributed by atoms with E-state index >= 15 is 0 Å². The zero-order valence-corrected chi connectivity index (χ0v) is 10.6. The number of carbonyl (C=O) groups excluding carboxylic acids is 2. The molecule has 0 unspecified atom stereocenters. The predicted molar refractivity (Wildman–Crippen MR) is 69.1 cm³/mol. The summed E-state index contributed by atoms with van der Waals surface area (Å²) in [6, 6.07) is 1.58. The van der Waals surface area contributed by atoms with Crippen molar-refractivity contribution in [2.45, 2.75) is 6.92 Å². The third-order valence-corrected chi connectivity index (χ3v) is 2.03. The molecule has 0 fully saturated rings. The van der Waals surface area contributed by atoms with Crippen molar-refractivity contribution in [3.8, 4) is 11.8 Å². The molecular formula is C13H15N3O3. The molecule has 1 rings (SSSR count). The zero-order chi connectivity index (χ0) is 14.1. The first-order valence-corrected chi connectivity index (χ1v) is 5.75. The molecule has 6 nitrogen and oxygen atoms in total. The summed E-state index contributed by atoms with van der Waals surface area (Å²) < 4.78 is 4.70. The van der Waals surface area contributed by atoms with Gasteiger partial charge in [0.05, 0.1) is 18.7 Å². The highest BCUT2D eigenvalue weighted by atomic mass is 16.5. The van der Waals surface area contributed by atoms with E-state index in [4.69, 9.17) is 10.5 Å². The van der Waals surface area contributed by atoms with Crippen molar-refractivity contribution in [3.63, 3.8) is 0 Å². The number of esters is 1. The number of hydrogen-bond acceptors (Lipinski definition) is 5. The van der Waals surface area contributed by atoms with E-state index < -0.39 is 11.9 Å². The second-order valence-electron chi connectivity index (χ2n) is 3.46. The fraction of sp³-hybridized carbons (Fsp3) is 0.308. The zero-order valence-electron chi connectivity index (χ0n) is 10.6. The molecule has 0 aliphatic carbocycles. The molecule has 1 heterocycles. The summed E-state index contributed by atoms with van der Waals surface area (Å²) >= 11 is 0. The number of hydrogen-bond donors (Lipinski definition) is 2. The van der Waals surface area contributed by atoms with Gasteiger partial charge in [0.1, 0.15) is 6.54 Å². The van der Waals surface area contributed by atoms with Gasteiger partial charge in [0.25, 0.3) is 5.91 Å². The van der Waals surface area contributed by atoms with Gasteiger partial charge in [-0.2, -0.15) is 0 Å². The molecule has 0 aromatic carbocycles. The van der Waals surface area contributed by atoms with Gasteiger partial charge in [0.15, 0.2) is 0 Å². The van der Waals surface area contributed by atoms with Gasteiger partial charge in [0.2, 0.25) is 0 Å². The minimum absolute atomic E-state index is 0.175. The molecule has 0 aliphatic rings. The Labute approximate surface area is 111 Å². The van der Waals surface area contributed by atoms with E-state index in [0.29, 0.717) is 11.1 Å². The number of pyridine rings is 1. The Morgan fingerprint density at radius 3 is 2.95 bits per heavy atom. The van der Waals surface area contributed by atoms with Crippen LogP contribution in [0.25, 0.3) is 0 Å². The Bertz CT molecular complexity index is 517. The average Bonchev–Trinajstić information content (AvgIpc) is 2.43. The normalized spacial score (nSPS) is 9.16. The van der Waals surface area contributed by atoms with Gasteiger partial charge in [-0.25, -0.2) is 0 Å². The first-order chi connectivity index (χ1) is 9.17. The van der Waals surface area contributed by atoms with Crippen LogP contribution in [0.3, 0.4) is 0 Å². The van der Waals surface area contributed by atoms with Crippen molar-refractivity contribution in [3.05, 3.63) is 29.6 Å². The van der Waals surface area contributed by atoms with Gasteiger partial charge < -0.3 is 15.8 Å². The Hall–Kier alpha value is -2.39. The minimum Gasteiger partial charge on any atom is -0.465 e. The predicted octanol–water partition coefficient (Wildman–Crippen LogP) is -0.315. The molecule has 1 amide bonds. The molecule has 100 valence electrons. The fourth-order valence-corrected chi connectivity index (χ4v) is 1.25. The van der Waals surface area contributed by atoms with E-state index in [-0.39, 0.29) is 19.7 Å². The van der Waals surface area contributed by atoms with Crippen LogP contribution in [0, 0.1) is 11.8 Å². The lowest BCUT2D eigenvalue weighted by Crippen LogP contribution is -2.30. The van der Waals surface area contributed by atoms with Gasteiger partial charge in [0, 0.05) is 18.0 Å². The number of nitrogens with one attached hydrogen (secondary N) is 1. The van der Waals surface area contributed by atoms with Crippen LogP contribution in [0.2, 0.25) is 0 Å². The lowest BCUT2D eigenvalue weighted by atomic mass is 10.2. The van der Waals surface area contributed by atoms with Gasteiger partial charge in [-0.15, -0.1) is 0 Å². The quantitative estimate of drug-likeness (QED) is 0.572. The summed E-state index contributed by atoms with van der Waals surface area (Å²) in [7, 11) is 0. The molecule has 6 heteroatoms. The third kappa shape index (κ3) is 5.19. The van der Waals surface area contributed by atoms with Crippen molar-refractivity contribution in [2.75, 3.05) is 19.7 Å². The number of nitrogens with two attached hydrogens (primary N) is 1. The number of carbonyl (C=O) groups is 2. The molecule has 0 saturated heterocycles. The monoisotopic (exact) mass is 261 g/mol. The summed E-state index contributed by atoms with van der Waals surface area (Å²) in [5, 5.41) is 2.44. The summed E-state index contributed by atoms with van der Waals surface area (Å²) in [5.74, 6) is 4.56. The van der Waals surface area contributed by atoms with Crippen molar-refractivity contribution in [1.29, 1.82) is 0 Å². The Morgan fingerprint density at radius 2 is 2.26 bits per heavy atom. The largest absolute Gasteiger partial charge is 0.465 e. The topological polar surface area (TPSA) is 94.3 Å². The van der Waals surface area contributed by atoms with Crippen LogP contribution in [-0.4, -0.2) is 36.6 Å². The first-order valence-electron chi connectivity index (χ1n) is 5.75. The minimum atomic E-state index is -0.483. The van der Waals surface area contributed by atoms with Gasteiger partial charge in [-0.3, -0.25) is 14.6 Å². The van der Waals surface area contributed by atoms with Crippen LogP contribution in [0.4, 0.5) is 0 Å². The smallest absolute Gasteiger partial charge is 0.325 e. The van der Waals surface area contributed by atoms with Crippen molar-refractivity contribution in [2.24, 2.45) is 5.73 Å². The van der Waals surface area contributed by atoms with E-state index in [9.17, 15) is 9.59 Å². The molecule has 0 bridgehead atoms. The summed E-state index contributed by atoms with van der Waals surface area (Å²) in [6.45, 7) is 2.04. The summed E-state index contributed by atoms with van der Waals surface area (Å²) in [5.41, 5.74) is 6.18. The summed E-state index contributed by atoms with van der Waals surface area (Å²) in [4.78, 5) is 26.7. The van der Waals surface area contributed by atoms with Crippen LogP contribution in [0.15, 0.2) is 18.5 Å². The molecule has 1 aromatic rings. The fourth-order valence-electron chi connectivity index (χ4n) is 1.25. The highest BCUT2D eigenvalue weighted by Crippen LogP contribution is 2.01. The molecule has 19 heavy (non-hydrogen) atoms. The third-order valence-electron chi connectivity index (χ3n) is 2.03. The van der Waals surface area contributed by atoms with Crippen molar-refractivity contribution >= 4 is 11.9 Å². The highest BCUT2D eigenvalue weighted by molar-refractivity contribution is 5.95. The molecule has 1 aromatic heterocycles. The van der Waals surface area contributed by atoms with E-state index in [1.54, 1.807) is 13.0 Å². The maximum atomic E-state index is 11.7. The molecule has 0 aliphatic heterocycles. The Balaban J connectivity index is 2.64. The Kier molecular flexibility index (Phi) is 6.06. The lowest BCUT2D eigenvalue weighted by Gasteiger charge is -2.04. The Morgan fingerprint density at radius 1 is 1.47 bits per heavy atom. The molecular weight excluding hydrogens is 246 g/mol. The van der Waals surface area contributed by atoms with E-state index in [2.05, 4.69) is 22.1 Å². The van der Waals surface area contributed by atoms with Gasteiger partial charge in [-0.05, 0) is 13.0 Å². The molecule has 0 atom stereocenters. The van der Waals surface area contributed by atoms with Crippen molar-refractivity contribution in [1.82, 2.24) is 10.3 Å². The summed E-state index contributed by atoms with van der Waals surface area (Å²) in [6.07, 6.45) is 2.93. The number of nitrogens with zero attached hydrogens (tertiary/aromatic N) is 1. The maximum absolute atomic E-state index is 11.7. The van der Waals surface area contributed by atoms with E-state index in [1.165, 1.54) is 12.4 Å². The van der Waals surface area contributed by atoms with Crippen LogP contribution in [0.5, 0.6) is 0 Å². The number of amides is 1. The first kappa shape index (κ1) is 14.7. The highest BCUT2D eigenvalue weighted by Gasteiger charge is 2.09. The number of aromatic nitrogens is 1. The van der Waals surface area contributed by atoms with E-state index in [1.807, 2.05) is 0 Å². The van der Waals surface area contributed by atoms with Gasteiger partial charge in [-0.1, -0.05) is 11.8 Å². The molecule has 0 saturated carbocycles. The molecule has 0 radical (unpaired) electrons. The standard InChI is InChI=1S/C13H15N3O3/c1-2-19-12(17)9-16-13(18)11-6-10(4-3-5-14)7-15-8-11/h6-8H,2,5,9,14H2,1H3,(H,16,18). The second kappa shape index (κ2) is 7.84. The SMILES string of the molecule is CCOC(=O)CNC(=O)c1cncc(C#CCN)c1. The lowest BCUT2D eigenvalue weighted by molar-refractivity contribution is -0.141. The average molecular weight is 261 g/mol. The van der Waals surface area contributed by atoms with Crippen molar-refractivity contribution < 1.29 is 14.3 Å².